The molecule has 0 unspecified atom stereocenters. The van der Waals surface area contributed by atoms with Crippen LogP contribution in [-0.4, -0.2) is 69.7 Å². The number of benzene rings is 1. The number of nitro benzene ring substituents is 1. The third-order valence-electron chi connectivity index (χ3n) is 5.25. The number of ether oxygens (including phenoxy) is 1. The predicted octanol–water partition coefficient (Wildman–Crippen LogP) is 1.72. The Bertz CT molecular complexity index is 744. The number of rotatable bonds is 5. The monoisotopic (exact) mass is 377 g/mol. The molecule has 1 N–H and O–H groups in total. The van der Waals surface area contributed by atoms with Crippen LogP contribution in [0.5, 0.6) is 0 Å². The summed E-state index contributed by atoms with van der Waals surface area (Å²) >= 11 is 0. The van der Waals surface area contributed by atoms with Gasteiger partial charge in [-0.05, 0) is 19.0 Å². The van der Waals surface area contributed by atoms with Crippen molar-refractivity contribution >= 4 is 17.6 Å². The molecule has 2 aliphatic heterocycles. The van der Waals surface area contributed by atoms with Crippen LogP contribution in [0, 0.1) is 10.1 Å². The topological polar surface area (TPSA) is 113 Å². The fourth-order valence-electron chi connectivity index (χ4n) is 3.89. The number of nitrogens with zero attached hydrogens (tertiary/aromatic N) is 3. The smallest absolute Gasteiger partial charge is 0.328 e. The first-order valence-corrected chi connectivity index (χ1v) is 9.05. The van der Waals surface area contributed by atoms with Crippen LogP contribution in [0.15, 0.2) is 24.3 Å². The van der Waals surface area contributed by atoms with E-state index in [1.54, 1.807) is 0 Å². The van der Waals surface area contributed by atoms with Crippen LogP contribution >= 0.6 is 0 Å². The van der Waals surface area contributed by atoms with Gasteiger partial charge >= 0.3 is 5.97 Å². The van der Waals surface area contributed by atoms with E-state index < -0.39 is 28.6 Å². The minimum atomic E-state index is -1.14. The zero-order valence-electron chi connectivity index (χ0n) is 15.2. The van der Waals surface area contributed by atoms with Gasteiger partial charge in [0.05, 0.1) is 11.5 Å². The number of carbonyl (C=O) groups is 2. The van der Waals surface area contributed by atoms with Crippen molar-refractivity contribution < 1.29 is 24.4 Å². The van der Waals surface area contributed by atoms with Gasteiger partial charge in [-0.25, -0.2) is 4.79 Å². The van der Waals surface area contributed by atoms with Gasteiger partial charge in [0.2, 0.25) is 0 Å². The standard InChI is InChI=1S/C18H23N3O6/c1-2-8-19-9-6-18(7-10-19)20(15(12-27-18)17(23)24)16(22)13-4-3-5-14(11-13)21(25)26/h3-5,11,15H,2,6-10,12H2,1H3,(H,23,24)/t15-/m1/s1. The Kier molecular flexibility index (Phi) is 5.43. The first-order chi connectivity index (χ1) is 12.9. The van der Waals surface area contributed by atoms with Crippen LogP contribution in [0.4, 0.5) is 5.69 Å². The van der Waals surface area contributed by atoms with Gasteiger partial charge in [0.15, 0.2) is 6.04 Å². The summed E-state index contributed by atoms with van der Waals surface area (Å²) in [6, 6.07) is 4.26. The fraction of sp³-hybridized carbons (Fsp3) is 0.556. The number of amides is 1. The number of piperidine rings is 1. The molecule has 1 atom stereocenters. The Morgan fingerprint density at radius 1 is 1.37 bits per heavy atom. The minimum absolute atomic E-state index is 0.0796. The number of carbonyl (C=O) groups excluding carboxylic acids is 1. The average molecular weight is 377 g/mol. The first kappa shape index (κ1) is 19.2. The Labute approximate surface area is 156 Å². The molecule has 3 rings (SSSR count). The highest BCUT2D eigenvalue weighted by atomic mass is 16.6. The molecule has 0 radical (unpaired) electrons. The molecule has 9 heteroatoms. The molecule has 0 aromatic heterocycles. The molecular weight excluding hydrogens is 354 g/mol. The second-order valence-corrected chi connectivity index (χ2v) is 6.94. The van der Waals surface area contributed by atoms with Crippen LogP contribution in [0.3, 0.4) is 0 Å². The second kappa shape index (κ2) is 7.61. The van der Waals surface area contributed by atoms with E-state index in [1.165, 1.54) is 29.2 Å². The lowest BCUT2D eigenvalue weighted by Gasteiger charge is -2.44. The Morgan fingerprint density at radius 2 is 2.07 bits per heavy atom. The predicted molar refractivity (Wildman–Crippen MR) is 95.3 cm³/mol. The molecule has 0 bridgehead atoms. The quantitative estimate of drug-likeness (QED) is 0.614. The largest absolute Gasteiger partial charge is 0.480 e. The van der Waals surface area contributed by atoms with E-state index in [0.717, 1.165) is 13.0 Å². The van der Waals surface area contributed by atoms with E-state index >= 15 is 0 Å². The summed E-state index contributed by atoms with van der Waals surface area (Å²) in [5.41, 5.74) is -1.09. The Morgan fingerprint density at radius 3 is 2.67 bits per heavy atom. The molecule has 27 heavy (non-hydrogen) atoms. The van der Waals surface area contributed by atoms with Crippen molar-refractivity contribution in [3.63, 3.8) is 0 Å². The summed E-state index contributed by atoms with van der Waals surface area (Å²) in [5.74, 6) is -1.69. The maximum Gasteiger partial charge on any atom is 0.328 e. The summed E-state index contributed by atoms with van der Waals surface area (Å²) in [7, 11) is 0. The van der Waals surface area contributed by atoms with E-state index in [-0.39, 0.29) is 17.9 Å². The highest BCUT2D eigenvalue weighted by Gasteiger charge is 2.54. The van der Waals surface area contributed by atoms with Crippen molar-refractivity contribution in [1.82, 2.24) is 9.80 Å². The van der Waals surface area contributed by atoms with E-state index in [4.69, 9.17) is 4.74 Å². The van der Waals surface area contributed by atoms with Crippen LogP contribution in [0.25, 0.3) is 0 Å². The van der Waals surface area contributed by atoms with Crippen LogP contribution < -0.4 is 0 Å². The lowest BCUT2D eigenvalue weighted by molar-refractivity contribution is -0.384. The molecule has 1 aromatic carbocycles. The SMILES string of the molecule is CCCN1CCC2(CC1)OC[C@H](C(=O)O)N2C(=O)c1cccc([N+](=O)[O-])c1. The fourth-order valence-corrected chi connectivity index (χ4v) is 3.89. The normalized spacial score (nSPS) is 22.1. The maximum atomic E-state index is 13.2. The van der Waals surface area contributed by atoms with Crippen molar-refractivity contribution in [2.75, 3.05) is 26.2 Å². The zero-order chi connectivity index (χ0) is 19.6. The lowest BCUT2D eigenvalue weighted by atomic mass is 9.96. The molecule has 1 aromatic rings. The highest BCUT2D eigenvalue weighted by Crippen LogP contribution is 2.38. The molecule has 0 aliphatic carbocycles. The van der Waals surface area contributed by atoms with Gasteiger partial charge in [0.25, 0.3) is 11.6 Å². The van der Waals surface area contributed by atoms with Gasteiger partial charge in [-0.15, -0.1) is 0 Å². The number of nitro groups is 1. The Hall–Kier alpha value is -2.52. The van der Waals surface area contributed by atoms with E-state index in [0.29, 0.717) is 25.9 Å². The third-order valence-corrected chi connectivity index (χ3v) is 5.25. The molecule has 2 aliphatic rings. The van der Waals surface area contributed by atoms with Gasteiger partial charge in [0.1, 0.15) is 5.72 Å². The molecule has 1 spiro atoms. The van der Waals surface area contributed by atoms with Gasteiger partial charge in [-0.3, -0.25) is 19.8 Å². The number of non-ortho nitro benzene ring substituents is 1. The molecule has 0 saturated carbocycles. The van der Waals surface area contributed by atoms with Gasteiger partial charge in [-0.1, -0.05) is 13.0 Å². The summed E-state index contributed by atoms with van der Waals surface area (Å²) in [6.45, 7) is 4.37. The molecule has 2 saturated heterocycles. The lowest BCUT2D eigenvalue weighted by Crippen LogP contribution is -2.58. The van der Waals surface area contributed by atoms with E-state index in [2.05, 4.69) is 11.8 Å². The van der Waals surface area contributed by atoms with Crippen LogP contribution in [-0.2, 0) is 9.53 Å². The summed E-state index contributed by atoms with van der Waals surface area (Å²) < 4.78 is 5.88. The Balaban J connectivity index is 1.90. The molecule has 9 nitrogen and oxygen atoms in total. The molecule has 1 amide bonds. The number of hydrogen-bond acceptors (Lipinski definition) is 6. The van der Waals surface area contributed by atoms with Gasteiger partial charge in [-0.2, -0.15) is 0 Å². The van der Waals surface area contributed by atoms with Gasteiger partial charge < -0.3 is 14.7 Å². The average Bonchev–Trinajstić information content (AvgIpc) is 3.02. The molecule has 2 fully saturated rings. The van der Waals surface area contributed by atoms with E-state index in [9.17, 15) is 24.8 Å². The van der Waals surface area contributed by atoms with Gasteiger partial charge in [0, 0.05) is 43.6 Å². The van der Waals surface area contributed by atoms with Crippen molar-refractivity contribution in [3.05, 3.63) is 39.9 Å². The number of hydrogen-bond donors (Lipinski definition) is 1. The summed E-state index contributed by atoms with van der Waals surface area (Å²) in [6.07, 6.45) is 2.04. The maximum absolute atomic E-state index is 13.2. The number of aliphatic carboxylic acids is 1. The van der Waals surface area contributed by atoms with Crippen molar-refractivity contribution in [1.29, 1.82) is 0 Å². The minimum Gasteiger partial charge on any atom is -0.480 e. The molecular formula is C18H23N3O6. The first-order valence-electron chi connectivity index (χ1n) is 9.05. The summed E-state index contributed by atoms with van der Waals surface area (Å²) in [4.78, 5) is 38.9. The second-order valence-electron chi connectivity index (χ2n) is 6.94. The third kappa shape index (κ3) is 3.65. The van der Waals surface area contributed by atoms with Crippen molar-refractivity contribution in [2.24, 2.45) is 0 Å². The number of carboxylic acid groups (broad SMARTS) is 1. The zero-order valence-corrected chi connectivity index (χ0v) is 15.2. The number of likely N-dealkylation sites (tertiary alicyclic amines) is 1. The summed E-state index contributed by atoms with van der Waals surface area (Å²) in [5, 5.41) is 20.6. The van der Waals surface area contributed by atoms with E-state index in [1.807, 2.05) is 0 Å². The number of carboxylic acids is 1. The molecule has 2 heterocycles. The van der Waals surface area contributed by atoms with Crippen LogP contribution in [0.2, 0.25) is 0 Å². The van der Waals surface area contributed by atoms with Crippen molar-refractivity contribution in [3.8, 4) is 0 Å². The highest BCUT2D eigenvalue weighted by molar-refractivity contribution is 5.98. The van der Waals surface area contributed by atoms with Crippen molar-refractivity contribution in [2.45, 2.75) is 38.0 Å². The molecule has 146 valence electrons. The van der Waals surface area contributed by atoms with Crippen LogP contribution in [0.1, 0.15) is 36.5 Å².